The molecule has 0 atom stereocenters. The minimum atomic E-state index is -0.558. The summed E-state index contributed by atoms with van der Waals surface area (Å²) >= 11 is 7.04. The SMILES string of the molecule is Cc1ncc(COC(=O)CCOc2ccc(Cl)c(F)c2)s1. The number of carbonyl (C=O) groups is 1. The van der Waals surface area contributed by atoms with Crippen LogP contribution in [0.5, 0.6) is 5.75 Å². The second-order valence-electron chi connectivity index (χ2n) is 4.18. The van der Waals surface area contributed by atoms with Crippen LogP contribution in [0.2, 0.25) is 5.02 Å². The Balaban J connectivity index is 1.70. The summed E-state index contributed by atoms with van der Waals surface area (Å²) < 4.78 is 23.5. The summed E-state index contributed by atoms with van der Waals surface area (Å²) in [4.78, 5) is 16.5. The third-order valence-corrected chi connectivity index (χ3v) is 3.70. The van der Waals surface area contributed by atoms with Crippen molar-refractivity contribution in [3.05, 3.63) is 45.1 Å². The van der Waals surface area contributed by atoms with E-state index < -0.39 is 5.82 Å². The summed E-state index contributed by atoms with van der Waals surface area (Å²) in [6, 6.07) is 4.11. The Bertz CT molecular complexity index is 632. The van der Waals surface area contributed by atoms with Gasteiger partial charge in [0.15, 0.2) is 0 Å². The standard InChI is InChI=1S/C14H13ClFNO3S/c1-9-17-7-11(21-9)8-20-14(18)4-5-19-10-2-3-12(15)13(16)6-10/h2-3,6-7H,4-5,8H2,1H3. The maximum absolute atomic E-state index is 13.2. The number of esters is 1. The van der Waals surface area contributed by atoms with Crippen LogP contribution in [-0.2, 0) is 16.1 Å². The van der Waals surface area contributed by atoms with Crippen LogP contribution in [-0.4, -0.2) is 17.6 Å². The molecule has 0 spiro atoms. The predicted molar refractivity (Wildman–Crippen MR) is 78.2 cm³/mol. The highest BCUT2D eigenvalue weighted by Crippen LogP contribution is 2.20. The molecule has 2 rings (SSSR count). The molecule has 0 aliphatic carbocycles. The number of nitrogens with zero attached hydrogens (tertiary/aromatic N) is 1. The Kier molecular flexibility index (Phi) is 5.52. The van der Waals surface area contributed by atoms with Crippen LogP contribution in [0, 0.1) is 12.7 Å². The van der Waals surface area contributed by atoms with Gasteiger partial charge in [-0.25, -0.2) is 9.37 Å². The molecule has 1 heterocycles. The Labute approximate surface area is 130 Å². The lowest BCUT2D eigenvalue weighted by Crippen LogP contribution is -2.09. The van der Waals surface area contributed by atoms with E-state index in [1.165, 1.54) is 29.5 Å². The normalized spacial score (nSPS) is 10.4. The number of rotatable bonds is 6. The van der Waals surface area contributed by atoms with E-state index in [9.17, 15) is 9.18 Å². The Morgan fingerprint density at radius 3 is 2.95 bits per heavy atom. The number of thiazole rings is 1. The largest absolute Gasteiger partial charge is 0.493 e. The average molecular weight is 330 g/mol. The molecule has 0 bridgehead atoms. The van der Waals surface area contributed by atoms with Gasteiger partial charge in [0.1, 0.15) is 18.2 Å². The topological polar surface area (TPSA) is 48.4 Å². The van der Waals surface area contributed by atoms with Gasteiger partial charge in [-0.15, -0.1) is 11.3 Å². The van der Waals surface area contributed by atoms with Gasteiger partial charge in [0.2, 0.25) is 0 Å². The maximum Gasteiger partial charge on any atom is 0.309 e. The van der Waals surface area contributed by atoms with Gasteiger partial charge in [-0.1, -0.05) is 11.6 Å². The van der Waals surface area contributed by atoms with Crippen molar-refractivity contribution in [3.63, 3.8) is 0 Å². The van der Waals surface area contributed by atoms with Gasteiger partial charge in [0.25, 0.3) is 0 Å². The molecule has 0 saturated heterocycles. The van der Waals surface area contributed by atoms with Gasteiger partial charge >= 0.3 is 5.97 Å². The number of halogens is 2. The van der Waals surface area contributed by atoms with E-state index in [2.05, 4.69) is 4.98 Å². The van der Waals surface area contributed by atoms with Crippen molar-refractivity contribution < 1.29 is 18.7 Å². The second kappa shape index (κ2) is 7.38. The number of aryl methyl sites for hydroxylation is 1. The van der Waals surface area contributed by atoms with Crippen LogP contribution in [0.3, 0.4) is 0 Å². The quantitative estimate of drug-likeness (QED) is 0.757. The molecule has 0 N–H and O–H groups in total. The lowest BCUT2D eigenvalue weighted by Gasteiger charge is -2.06. The molecule has 0 aliphatic rings. The molecule has 0 fully saturated rings. The first kappa shape index (κ1) is 15.7. The zero-order chi connectivity index (χ0) is 15.2. The van der Waals surface area contributed by atoms with Gasteiger partial charge < -0.3 is 9.47 Å². The lowest BCUT2D eigenvalue weighted by molar-refractivity contribution is -0.145. The number of benzene rings is 1. The smallest absolute Gasteiger partial charge is 0.309 e. The van der Waals surface area contributed by atoms with Gasteiger partial charge in [-0.05, 0) is 19.1 Å². The van der Waals surface area contributed by atoms with Gasteiger partial charge in [-0.3, -0.25) is 4.79 Å². The minimum absolute atomic E-state index is 0.0293. The molecular formula is C14H13ClFNO3S. The average Bonchev–Trinajstić information content (AvgIpc) is 2.86. The maximum atomic E-state index is 13.2. The summed E-state index contributed by atoms with van der Waals surface area (Å²) in [5.41, 5.74) is 0. The number of carbonyl (C=O) groups excluding carboxylic acids is 1. The number of ether oxygens (including phenoxy) is 2. The van der Waals surface area contributed by atoms with Crippen molar-refractivity contribution in [2.24, 2.45) is 0 Å². The zero-order valence-corrected chi connectivity index (χ0v) is 12.8. The highest BCUT2D eigenvalue weighted by molar-refractivity contribution is 7.11. The number of hydrogen-bond donors (Lipinski definition) is 0. The predicted octanol–water partition coefficient (Wildman–Crippen LogP) is 3.76. The van der Waals surface area contributed by atoms with Crippen LogP contribution in [0.25, 0.3) is 0 Å². The van der Waals surface area contributed by atoms with Gasteiger partial charge in [-0.2, -0.15) is 0 Å². The highest BCUT2D eigenvalue weighted by atomic mass is 35.5. The first-order chi connectivity index (χ1) is 10.0. The van der Waals surface area contributed by atoms with Gasteiger partial charge in [0.05, 0.1) is 27.9 Å². The molecule has 0 saturated carbocycles. The molecule has 21 heavy (non-hydrogen) atoms. The fraction of sp³-hybridized carbons (Fsp3) is 0.286. The van der Waals surface area contributed by atoms with Crippen LogP contribution in [0.4, 0.5) is 4.39 Å². The van der Waals surface area contributed by atoms with Crippen molar-refractivity contribution in [2.75, 3.05) is 6.61 Å². The fourth-order valence-electron chi connectivity index (χ4n) is 1.51. The highest BCUT2D eigenvalue weighted by Gasteiger charge is 2.07. The molecule has 1 aromatic heterocycles. The van der Waals surface area contributed by atoms with Crippen molar-refractivity contribution in [2.45, 2.75) is 20.0 Å². The van der Waals surface area contributed by atoms with E-state index in [0.717, 1.165) is 9.88 Å². The molecular weight excluding hydrogens is 317 g/mol. The number of hydrogen-bond acceptors (Lipinski definition) is 5. The summed E-state index contributed by atoms with van der Waals surface area (Å²) in [5, 5.41) is 0.954. The molecule has 0 unspecified atom stereocenters. The van der Waals surface area contributed by atoms with E-state index >= 15 is 0 Å². The molecule has 112 valence electrons. The molecule has 7 heteroatoms. The molecule has 1 aromatic carbocycles. The van der Waals surface area contributed by atoms with Crippen LogP contribution >= 0.6 is 22.9 Å². The van der Waals surface area contributed by atoms with E-state index in [1.807, 2.05) is 6.92 Å². The Morgan fingerprint density at radius 2 is 2.29 bits per heavy atom. The van der Waals surface area contributed by atoms with Crippen molar-refractivity contribution in [1.29, 1.82) is 0 Å². The fourth-order valence-corrected chi connectivity index (χ4v) is 2.34. The molecule has 2 aromatic rings. The number of aromatic nitrogens is 1. The van der Waals surface area contributed by atoms with Crippen molar-refractivity contribution in [1.82, 2.24) is 4.98 Å². The van der Waals surface area contributed by atoms with E-state index in [1.54, 1.807) is 6.20 Å². The summed E-state index contributed by atoms with van der Waals surface area (Å²) in [5.74, 6) is -0.615. The van der Waals surface area contributed by atoms with Crippen LogP contribution in [0.15, 0.2) is 24.4 Å². The second-order valence-corrected chi connectivity index (χ2v) is 5.91. The first-order valence-electron chi connectivity index (χ1n) is 6.19. The summed E-state index contributed by atoms with van der Waals surface area (Å²) in [6.45, 7) is 2.20. The molecule has 4 nitrogen and oxygen atoms in total. The minimum Gasteiger partial charge on any atom is -0.493 e. The van der Waals surface area contributed by atoms with E-state index in [0.29, 0.717) is 5.75 Å². The summed E-state index contributed by atoms with van der Waals surface area (Å²) in [6.07, 6.45) is 1.77. The van der Waals surface area contributed by atoms with Crippen LogP contribution in [0.1, 0.15) is 16.3 Å². The Morgan fingerprint density at radius 1 is 1.48 bits per heavy atom. The first-order valence-corrected chi connectivity index (χ1v) is 7.39. The lowest BCUT2D eigenvalue weighted by atomic mass is 10.3. The third-order valence-electron chi connectivity index (χ3n) is 2.51. The zero-order valence-electron chi connectivity index (χ0n) is 11.3. The summed E-state index contributed by atoms with van der Waals surface area (Å²) in [7, 11) is 0. The van der Waals surface area contributed by atoms with E-state index in [4.69, 9.17) is 21.1 Å². The van der Waals surface area contributed by atoms with Crippen molar-refractivity contribution >= 4 is 28.9 Å². The molecule has 0 radical (unpaired) electrons. The Hall–Kier alpha value is -1.66. The molecule has 0 amide bonds. The van der Waals surface area contributed by atoms with Crippen molar-refractivity contribution in [3.8, 4) is 5.75 Å². The van der Waals surface area contributed by atoms with Crippen LogP contribution < -0.4 is 4.74 Å². The third kappa shape index (κ3) is 4.99. The monoisotopic (exact) mass is 329 g/mol. The molecule has 0 aliphatic heterocycles. The van der Waals surface area contributed by atoms with E-state index in [-0.39, 0.29) is 30.6 Å². The van der Waals surface area contributed by atoms with Gasteiger partial charge in [0, 0.05) is 12.3 Å².